The van der Waals surface area contributed by atoms with E-state index in [-0.39, 0.29) is 17.6 Å². The first-order valence-electron chi connectivity index (χ1n) is 17.0. The summed E-state index contributed by atoms with van der Waals surface area (Å²) < 4.78 is 5.16. The third-order valence-corrected chi connectivity index (χ3v) is 8.11. The fraction of sp³-hybridized carbons (Fsp3) is 0.848. The second-order valence-electron chi connectivity index (χ2n) is 12.0. The van der Waals surface area contributed by atoms with Crippen molar-refractivity contribution < 1.29 is 19.1 Å². The third kappa shape index (κ3) is 24.9. The second kappa shape index (κ2) is 27.2. The van der Waals surface area contributed by atoms with Crippen LogP contribution in [-0.2, 0) is 19.1 Å². The number of hydrogen-bond donors (Lipinski definition) is 2. The quantitative estimate of drug-likeness (QED) is 0.413. The lowest BCUT2D eigenvalue weighted by molar-refractivity contribution is -0.124. The van der Waals surface area contributed by atoms with Gasteiger partial charge in [-0.25, -0.2) is 5.01 Å². The Labute approximate surface area is 275 Å². The molecule has 0 aromatic heterocycles. The Morgan fingerprint density at radius 3 is 1.49 bits per heavy atom. The van der Waals surface area contributed by atoms with Gasteiger partial charge in [0.25, 0.3) is 0 Å². The Hall–Kier alpha value is -1.93. The van der Waals surface area contributed by atoms with Crippen LogP contribution in [0.5, 0.6) is 0 Å². The number of nitrogens with one attached hydrogen (secondary N) is 2. The number of hydrogen-bond acceptors (Lipinski definition) is 10. The molecule has 0 unspecified atom stereocenters. The van der Waals surface area contributed by atoms with Crippen LogP contribution < -0.4 is 10.7 Å². The van der Waals surface area contributed by atoms with Crippen molar-refractivity contribution in [3.63, 3.8) is 0 Å². The predicted octanol–water partition coefficient (Wildman–Crippen LogP) is 1.25. The zero-order chi connectivity index (χ0) is 34.0. The molecule has 12 nitrogen and oxygen atoms in total. The average Bonchev–Trinajstić information content (AvgIpc) is 3.04. The number of ether oxygens (including phenoxy) is 1. The molecule has 0 atom stereocenters. The lowest BCUT2D eigenvalue weighted by Crippen LogP contribution is -2.52. The van der Waals surface area contributed by atoms with Gasteiger partial charge < -0.3 is 29.7 Å². The van der Waals surface area contributed by atoms with E-state index in [1.807, 2.05) is 11.9 Å². The van der Waals surface area contributed by atoms with Crippen molar-refractivity contribution in [2.75, 3.05) is 126 Å². The number of likely N-dealkylation sites (N-methyl/N-ethyl adjacent to an activating group) is 4. The van der Waals surface area contributed by atoms with Crippen LogP contribution in [0.2, 0.25) is 0 Å². The van der Waals surface area contributed by atoms with Crippen molar-refractivity contribution in [1.29, 1.82) is 0 Å². The van der Waals surface area contributed by atoms with Crippen LogP contribution in [0.3, 0.4) is 0 Å². The molecule has 4 saturated heterocycles. The Morgan fingerprint density at radius 2 is 1.13 bits per heavy atom. The van der Waals surface area contributed by atoms with Gasteiger partial charge in [-0.15, -0.1) is 0 Å². The summed E-state index contributed by atoms with van der Waals surface area (Å²) >= 11 is 0. The molecule has 264 valence electrons. The van der Waals surface area contributed by atoms with Gasteiger partial charge >= 0.3 is 0 Å². The van der Waals surface area contributed by atoms with Crippen molar-refractivity contribution in [2.45, 2.75) is 59.9 Å². The highest BCUT2D eigenvalue weighted by molar-refractivity contribution is 5.88. The fourth-order valence-electron chi connectivity index (χ4n) is 4.81. The molecule has 0 bridgehead atoms. The van der Waals surface area contributed by atoms with Crippen LogP contribution in [0, 0.1) is 0 Å². The van der Waals surface area contributed by atoms with Gasteiger partial charge in [0.1, 0.15) is 0 Å². The van der Waals surface area contributed by atoms with Gasteiger partial charge in [0.05, 0.1) is 13.2 Å². The first-order valence-corrected chi connectivity index (χ1v) is 17.0. The van der Waals surface area contributed by atoms with Gasteiger partial charge in [0.2, 0.25) is 11.8 Å². The molecule has 0 radical (unpaired) electrons. The van der Waals surface area contributed by atoms with E-state index in [4.69, 9.17) is 4.74 Å². The Morgan fingerprint density at radius 1 is 0.689 bits per heavy atom. The van der Waals surface area contributed by atoms with E-state index in [0.717, 1.165) is 78.4 Å². The van der Waals surface area contributed by atoms with Crippen LogP contribution in [0.25, 0.3) is 0 Å². The van der Waals surface area contributed by atoms with Crippen LogP contribution >= 0.6 is 0 Å². The van der Waals surface area contributed by atoms with Gasteiger partial charge in [-0.2, -0.15) is 0 Å². The van der Waals surface area contributed by atoms with Crippen molar-refractivity contribution in [1.82, 2.24) is 40.3 Å². The van der Waals surface area contributed by atoms with Gasteiger partial charge in [-0.1, -0.05) is 27.4 Å². The normalized spacial score (nSPS) is 20.7. The molecule has 4 aliphatic heterocycles. The molecule has 45 heavy (non-hydrogen) atoms. The maximum absolute atomic E-state index is 10.7. The van der Waals surface area contributed by atoms with Gasteiger partial charge in [-0.05, 0) is 66.2 Å². The molecule has 0 aliphatic carbocycles. The summed E-state index contributed by atoms with van der Waals surface area (Å²) in [6, 6.07) is 0.420. The van der Waals surface area contributed by atoms with Crippen molar-refractivity contribution >= 4 is 17.6 Å². The van der Waals surface area contributed by atoms with Crippen LogP contribution in [-0.4, -0.2) is 179 Å². The number of ketones is 1. The summed E-state index contributed by atoms with van der Waals surface area (Å²) in [5.74, 6) is 0.226. The summed E-state index contributed by atoms with van der Waals surface area (Å²) in [6.07, 6.45) is 4.09. The fourth-order valence-corrected chi connectivity index (χ4v) is 4.81. The van der Waals surface area contributed by atoms with Gasteiger partial charge in [0.15, 0.2) is 5.78 Å². The molecule has 2 amide bonds. The second-order valence-corrected chi connectivity index (χ2v) is 12.0. The van der Waals surface area contributed by atoms with Gasteiger partial charge in [-0.3, -0.25) is 24.7 Å². The Bertz CT molecular complexity index is 739. The zero-order valence-electron chi connectivity index (χ0n) is 30.1. The van der Waals surface area contributed by atoms with E-state index in [1.54, 1.807) is 13.8 Å². The minimum absolute atomic E-state index is 0.0227. The maximum Gasteiger partial charge on any atom is 0.231 e. The summed E-state index contributed by atoms with van der Waals surface area (Å²) in [7, 11) is 6.39. The highest BCUT2D eigenvalue weighted by Crippen LogP contribution is 2.07. The van der Waals surface area contributed by atoms with Crippen molar-refractivity contribution in [3.8, 4) is 0 Å². The molecule has 0 spiro atoms. The standard InChI is InChI=1S/C8H16N2O.C7H15N3O.C7H16N2.C6H13NO.C5H8O/c1-7(11)9-8-3-5-10(2)6-4-8;1-7(11)8-10-5-3-9(2)4-6-10;1-3-9-6-4-8(2)5-7-9;1-2-7-3-5-8-6-4-7;1-3-5(6)4-2/h8H,3-6H2,1-2H3,(H,9,11);3-6H2,1-2H3,(H,8,11);3-7H2,1-2H3;2-6H2,1H3;3H,1,4H2,2H3. The average molecular weight is 641 g/mol. The molecule has 0 saturated carbocycles. The zero-order valence-corrected chi connectivity index (χ0v) is 30.1. The number of amides is 2. The van der Waals surface area contributed by atoms with Crippen LogP contribution in [0.1, 0.15) is 53.9 Å². The SMILES string of the molecule is C=CC(=O)CC.CC(=O)NC1CCN(C)CC1.CC(=O)NN1CCN(C)CC1.CCN1CCN(C)CC1.CCN1CCOCC1. The van der Waals surface area contributed by atoms with Gasteiger partial charge in [0, 0.05) is 91.8 Å². The van der Waals surface area contributed by atoms with Crippen LogP contribution in [0.4, 0.5) is 0 Å². The number of nitrogens with zero attached hydrogens (tertiary/aromatic N) is 6. The molecule has 4 heterocycles. The highest BCUT2D eigenvalue weighted by Gasteiger charge is 2.16. The topological polar surface area (TPSA) is 104 Å². The molecule has 12 heteroatoms. The maximum atomic E-state index is 10.7. The Balaban J connectivity index is 0.000000546. The predicted molar refractivity (Wildman–Crippen MR) is 185 cm³/mol. The third-order valence-electron chi connectivity index (χ3n) is 8.11. The molecule has 4 rings (SSSR count). The van der Waals surface area contributed by atoms with E-state index in [0.29, 0.717) is 12.5 Å². The molecule has 0 aromatic rings. The first kappa shape index (κ1) is 43.1. The number of morpholine rings is 1. The number of allylic oxidation sites excluding steroid dienone is 1. The first-order chi connectivity index (χ1) is 21.4. The monoisotopic (exact) mass is 641 g/mol. The number of likely N-dealkylation sites (tertiary alicyclic amines) is 1. The minimum Gasteiger partial charge on any atom is -0.379 e. The highest BCUT2D eigenvalue weighted by atomic mass is 16.5. The van der Waals surface area contributed by atoms with E-state index in [1.165, 1.54) is 45.3 Å². The molecule has 4 fully saturated rings. The largest absolute Gasteiger partial charge is 0.379 e. The number of piperidine rings is 1. The lowest BCUT2D eigenvalue weighted by atomic mass is 10.1. The Kier molecular flexibility index (Phi) is 26.0. The van der Waals surface area contributed by atoms with Crippen molar-refractivity contribution in [2.24, 2.45) is 0 Å². The smallest absolute Gasteiger partial charge is 0.231 e. The summed E-state index contributed by atoms with van der Waals surface area (Å²) in [5, 5.41) is 4.90. The molecular weight excluding hydrogens is 572 g/mol. The number of piperazine rings is 2. The molecule has 4 aliphatic rings. The minimum atomic E-state index is 0.0227. The summed E-state index contributed by atoms with van der Waals surface area (Å²) in [6.45, 7) is 30.2. The van der Waals surface area contributed by atoms with E-state index in [9.17, 15) is 14.4 Å². The number of carbonyl (C=O) groups excluding carboxylic acids is 3. The van der Waals surface area contributed by atoms with E-state index < -0.39 is 0 Å². The molecule has 0 aromatic carbocycles. The van der Waals surface area contributed by atoms with Crippen molar-refractivity contribution in [3.05, 3.63) is 12.7 Å². The molecular formula is C33H68N8O4. The number of hydrazine groups is 1. The number of rotatable bonds is 6. The number of carbonyl (C=O) groups is 3. The summed E-state index contributed by atoms with van der Waals surface area (Å²) in [4.78, 5) is 43.2. The van der Waals surface area contributed by atoms with Crippen LogP contribution in [0.15, 0.2) is 12.7 Å². The summed E-state index contributed by atoms with van der Waals surface area (Å²) in [5.41, 5.74) is 2.77. The molecule has 2 N–H and O–H groups in total. The lowest BCUT2D eigenvalue weighted by Gasteiger charge is -2.31. The van der Waals surface area contributed by atoms with E-state index >= 15 is 0 Å². The van der Waals surface area contributed by atoms with E-state index in [2.05, 4.69) is 76.8 Å².